The van der Waals surface area contributed by atoms with E-state index in [0.717, 1.165) is 0 Å². The van der Waals surface area contributed by atoms with Crippen LogP contribution in [0.3, 0.4) is 0 Å². The first kappa shape index (κ1) is 22.5. The molecular formula is C12H23NO10S2. The number of oxime groups is 1. The molecule has 13 heteroatoms. The fourth-order valence-corrected chi connectivity index (χ4v) is 3.50. The summed E-state index contributed by atoms with van der Waals surface area (Å²) in [5, 5.41) is 51.5. The van der Waals surface area contributed by atoms with Crippen molar-refractivity contribution in [2.45, 2.75) is 62.1 Å². The van der Waals surface area contributed by atoms with E-state index in [-0.39, 0.29) is 11.5 Å². The van der Waals surface area contributed by atoms with Gasteiger partial charge in [-0.15, -0.1) is 0 Å². The summed E-state index contributed by atoms with van der Waals surface area (Å²) in [5.74, 6) is 0. The number of aliphatic hydroxyl groups excluding tert-OH is 5. The molecule has 0 bridgehead atoms. The molecule has 6 N–H and O–H groups in total. The maximum atomic E-state index is 10.7. The minimum atomic E-state index is -4.87. The number of hydrogen-bond donors (Lipinski definition) is 6. The standard InChI is InChI=1S/C12H23NO10S2/c1-2-3-6(15)4-8(13-23-25(19,20)21)24-12-11(18)10(17)9(16)7(5-14)22-12/h6-7,9-12,14-18H,2-5H2,1H3,(H,19,20,21)/b13-8-/t6-,7+,9-,10-,11+,12+/m0/s1. The minimum Gasteiger partial charge on any atom is -0.394 e. The molecule has 148 valence electrons. The Hall–Kier alpha value is -0.510. The monoisotopic (exact) mass is 405 g/mol. The number of aliphatic hydroxyl groups is 5. The molecule has 0 aromatic carbocycles. The summed E-state index contributed by atoms with van der Waals surface area (Å²) in [6.45, 7) is 1.19. The Labute approximate surface area is 149 Å². The van der Waals surface area contributed by atoms with Crippen molar-refractivity contribution in [2.75, 3.05) is 6.61 Å². The van der Waals surface area contributed by atoms with E-state index in [2.05, 4.69) is 9.44 Å². The lowest BCUT2D eigenvalue weighted by molar-refractivity contribution is -0.205. The molecule has 0 saturated carbocycles. The number of hydrogen-bond acceptors (Lipinski definition) is 11. The highest BCUT2D eigenvalue weighted by molar-refractivity contribution is 8.14. The molecule has 1 aliphatic heterocycles. The van der Waals surface area contributed by atoms with E-state index < -0.39 is 53.0 Å². The van der Waals surface area contributed by atoms with Crippen LogP contribution in [0.4, 0.5) is 0 Å². The van der Waals surface area contributed by atoms with Gasteiger partial charge in [0.2, 0.25) is 0 Å². The molecule has 11 nitrogen and oxygen atoms in total. The molecule has 0 spiro atoms. The Balaban J connectivity index is 2.90. The van der Waals surface area contributed by atoms with Gasteiger partial charge >= 0.3 is 10.4 Å². The smallest absolute Gasteiger partial charge is 0.394 e. The molecule has 1 aliphatic rings. The van der Waals surface area contributed by atoms with Crippen molar-refractivity contribution >= 4 is 27.2 Å². The van der Waals surface area contributed by atoms with Crippen LogP contribution < -0.4 is 0 Å². The van der Waals surface area contributed by atoms with Crippen molar-refractivity contribution in [3.63, 3.8) is 0 Å². The maximum absolute atomic E-state index is 10.7. The van der Waals surface area contributed by atoms with E-state index in [1.54, 1.807) is 0 Å². The lowest BCUT2D eigenvalue weighted by atomic mass is 10.0. The average Bonchev–Trinajstić information content (AvgIpc) is 2.52. The lowest BCUT2D eigenvalue weighted by Gasteiger charge is -2.39. The van der Waals surface area contributed by atoms with Crippen molar-refractivity contribution in [1.82, 2.24) is 0 Å². The van der Waals surface area contributed by atoms with E-state index in [0.29, 0.717) is 24.6 Å². The predicted molar refractivity (Wildman–Crippen MR) is 87.0 cm³/mol. The van der Waals surface area contributed by atoms with Gasteiger partial charge in [0.1, 0.15) is 34.9 Å². The van der Waals surface area contributed by atoms with Crippen LogP contribution in [0.5, 0.6) is 0 Å². The molecule has 0 aromatic rings. The van der Waals surface area contributed by atoms with Crippen LogP contribution in [0, 0.1) is 0 Å². The predicted octanol–water partition coefficient (Wildman–Crippen LogP) is -1.80. The molecule has 6 atom stereocenters. The second-order valence-electron chi connectivity index (χ2n) is 5.45. The van der Waals surface area contributed by atoms with Crippen LogP contribution in [0.2, 0.25) is 0 Å². The summed E-state index contributed by atoms with van der Waals surface area (Å²) in [6, 6.07) is 0. The molecule has 1 heterocycles. The molecular weight excluding hydrogens is 382 g/mol. The second kappa shape index (κ2) is 9.99. The molecule has 1 saturated heterocycles. The summed E-state index contributed by atoms with van der Waals surface area (Å²) in [5.41, 5.74) is -1.23. The lowest BCUT2D eigenvalue weighted by Crippen LogP contribution is -2.57. The van der Waals surface area contributed by atoms with Crippen LogP contribution >= 0.6 is 11.8 Å². The normalized spacial score (nSPS) is 32.4. The van der Waals surface area contributed by atoms with Crippen LogP contribution in [0.15, 0.2) is 5.16 Å². The van der Waals surface area contributed by atoms with Gasteiger partial charge in [-0.05, 0) is 6.42 Å². The zero-order chi connectivity index (χ0) is 19.2. The molecule has 0 aromatic heterocycles. The summed E-state index contributed by atoms with van der Waals surface area (Å²) >= 11 is 0.629. The van der Waals surface area contributed by atoms with Gasteiger partial charge in [0, 0.05) is 6.42 Å². The van der Waals surface area contributed by atoms with Crippen molar-refractivity contribution in [2.24, 2.45) is 5.16 Å². The summed E-state index contributed by atoms with van der Waals surface area (Å²) < 4.78 is 39.1. The Morgan fingerprint density at radius 2 is 1.92 bits per heavy atom. The first-order valence-corrected chi connectivity index (χ1v) is 9.71. The Kier molecular flexibility index (Phi) is 9.00. The van der Waals surface area contributed by atoms with Crippen molar-refractivity contribution in [3.05, 3.63) is 0 Å². The van der Waals surface area contributed by atoms with Gasteiger partial charge in [-0.3, -0.25) is 4.55 Å². The van der Waals surface area contributed by atoms with Gasteiger partial charge in [-0.25, -0.2) is 4.28 Å². The molecule has 0 amide bonds. The number of rotatable bonds is 8. The van der Waals surface area contributed by atoms with Crippen molar-refractivity contribution in [1.29, 1.82) is 0 Å². The fourth-order valence-electron chi connectivity index (χ4n) is 2.13. The largest absolute Gasteiger partial charge is 0.466 e. The Morgan fingerprint density at radius 1 is 1.28 bits per heavy atom. The molecule has 0 unspecified atom stereocenters. The van der Waals surface area contributed by atoms with Crippen LogP contribution in [0.25, 0.3) is 0 Å². The SMILES string of the molecule is CCC[C@H](O)C/C(=N/OS(=O)(=O)O)S[C@H]1O[C@H](CO)[C@H](O)[C@H](O)[C@H]1O. The third-order valence-corrected chi connectivity index (χ3v) is 4.76. The van der Waals surface area contributed by atoms with E-state index in [1.165, 1.54) is 0 Å². The minimum absolute atomic E-state index is 0.136. The zero-order valence-corrected chi connectivity index (χ0v) is 15.0. The van der Waals surface area contributed by atoms with Gasteiger partial charge in [0.05, 0.1) is 12.7 Å². The van der Waals surface area contributed by atoms with E-state index >= 15 is 0 Å². The van der Waals surface area contributed by atoms with Gasteiger partial charge in [0.15, 0.2) is 0 Å². The molecule has 1 fully saturated rings. The fraction of sp³-hybridized carbons (Fsp3) is 0.917. The highest BCUT2D eigenvalue weighted by Gasteiger charge is 2.44. The number of ether oxygens (including phenoxy) is 1. The van der Waals surface area contributed by atoms with Gasteiger partial charge in [-0.1, -0.05) is 30.3 Å². The zero-order valence-electron chi connectivity index (χ0n) is 13.4. The van der Waals surface area contributed by atoms with Crippen LogP contribution in [-0.2, 0) is 19.4 Å². The third kappa shape index (κ3) is 7.32. The van der Waals surface area contributed by atoms with Crippen molar-refractivity contribution < 1.29 is 47.5 Å². The van der Waals surface area contributed by atoms with E-state index in [1.807, 2.05) is 6.92 Å². The molecule has 0 aliphatic carbocycles. The molecule has 25 heavy (non-hydrogen) atoms. The molecule has 0 radical (unpaired) electrons. The Morgan fingerprint density at radius 3 is 2.44 bits per heavy atom. The quantitative estimate of drug-likeness (QED) is 0.116. The maximum Gasteiger partial charge on any atom is 0.466 e. The van der Waals surface area contributed by atoms with Crippen molar-refractivity contribution in [3.8, 4) is 0 Å². The third-order valence-electron chi connectivity index (χ3n) is 3.37. The highest BCUT2D eigenvalue weighted by Crippen LogP contribution is 2.30. The Bertz CT molecular complexity index is 540. The van der Waals surface area contributed by atoms with E-state index in [4.69, 9.17) is 14.4 Å². The van der Waals surface area contributed by atoms with Gasteiger partial charge < -0.3 is 30.3 Å². The summed E-state index contributed by atoms with van der Waals surface area (Å²) in [7, 11) is -4.87. The van der Waals surface area contributed by atoms with E-state index in [9.17, 15) is 28.8 Å². The van der Waals surface area contributed by atoms with Gasteiger partial charge in [0.25, 0.3) is 0 Å². The second-order valence-corrected chi connectivity index (χ2v) is 7.63. The molecule has 1 rings (SSSR count). The number of nitrogens with zero attached hydrogens (tertiary/aromatic N) is 1. The highest BCUT2D eigenvalue weighted by atomic mass is 32.3. The number of thioether (sulfide) groups is 1. The average molecular weight is 405 g/mol. The van der Waals surface area contributed by atoms with Gasteiger partial charge in [-0.2, -0.15) is 8.42 Å². The summed E-state index contributed by atoms with van der Waals surface area (Å²) in [4.78, 5) is 0. The topological polar surface area (TPSA) is 186 Å². The van der Waals surface area contributed by atoms with Crippen LogP contribution in [0.1, 0.15) is 26.2 Å². The first-order valence-electron chi connectivity index (χ1n) is 7.47. The first-order chi connectivity index (χ1) is 11.6. The van der Waals surface area contributed by atoms with Crippen LogP contribution in [-0.4, -0.2) is 86.1 Å². The summed E-state index contributed by atoms with van der Waals surface area (Å²) in [6.07, 6.45) is -5.94.